The van der Waals surface area contributed by atoms with Crippen molar-refractivity contribution in [1.82, 2.24) is 15.1 Å². The van der Waals surface area contributed by atoms with Crippen molar-refractivity contribution < 1.29 is 22.7 Å². The maximum atomic E-state index is 13.6. The molecule has 2 N–H and O–H groups in total. The van der Waals surface area contributed by atoms with Crippen molar-refractivity contribution in [2.24, 2.45) is 0 Å². The number of ether oxygens (including phenoxy) is 1. The second-order valence-corrected chi connectivity index (χ2v) is 6.58. The van der Waals surface area contributed by atoms with Crippen molar-refractivity contribution in [2.45, 2.75) is 37.6 Å². The number of hydrogen-bond acceptors (Lipinski definition) is 4. The number of nitrogens with zero attached hydrogens (tertiary/aromatic N) is 2. The predicted octanol–water partition coefficient (Wildman–Crippen LogP) is 3.31. The van der Waals surface area contributed by atoms with Crippen molar-refractivity contribution in [3.63, 3.8) is 0 Å². The topological polar surface area (TPSA) is 68.2 Å². The van der Waals surface area contributed by atoms with Crippen LogP contribution in [0.15, 0.2) is 36.5 Å². The maximum absolute atomic E-state index is 13.6. The molecule has 6 nitrogen and oxygen atoms in total. The number of amides is 1. The quantitative estimate of drug-likeness (QED) is 0.833. The molecule has 1 aliphatic rings. The average molecular weight is 382 g/mol. The van der Waals surface area contributed by atoms with E-state index < -0.39 is 24.2 Å². The molecular weight excluding hydrogens is 361 g/mol. The van der Waals surface area contributed by atoms with E-state index in [1.807, 2.05) is 0 Å². The molecular formula is C18H21F3N4O2. The minimum atomic E-state index is -4.48. The van der Waals surface area contributed by atoms with E-state index in [0.717, 1.165) is 10.2 Å². The fraction of sp³-hybridized carbons (Fsp3) is 0.444. The Morgan fingerprint density at radius 1 is 1.41 bits per heavy atom. The Kier molecular flexibility index (Phi) is 5.41. The summed E-state index contributed by atoms with van der Waals surface area (Å²) in [5.41, 5.74) is 0.797. The Bertz CT molecular complexity index is 792. The number of hydrogen-bond donors (Lipinski definition) is 2. The highest BCUT2D eigenvalue weighted by molar-refractivity contribution is 5.99. The number of halogens is 3. The number of methoxy groups -OCH3 is 1. The first-order valence-corrected chi connectivity index (χ1v) is 8.56. The van der Waals surface area contributed by atoms with Crippen LogP contribution in [0.1, 0.15) is 41.3 Å². The Morgan fingerprint density at radius 2 is 2.11 bits per heavy atom. The summed E-state index contributed by atoms with van der Waals surface area (Å²) < 4.78 is 46.7. The molecule has 3 atom stereocenters. The summed E-state index contributed by atoms with van der Waals surface area (Å²) in [7, 11) is 1.50. The molecule has 1 aliphatic heterocycles. The molecule has 0 saturated heterocycles. The van der Waals surface area contributed by atoms with Crippen LogP contribution in [0, 0.1) is 0 Å². The maximum Gasteiger partial charge on any atom is 0.410 e. The van der Waals surface area contributed by atoms with E-state index in [1.54, 1.807) is 37.3 Å². The highest BCUT2D eigenvalue weighted by Crippen LogP contribution is 2.44. The van der Waals surface area contributed by atoms with E-state index in [2.05, 4.69) is 15.7 Å². The van der Waals surface area contributed by atoms with Gasteiger partial charge in [-0.2, -0.15) is 18.3 Å². The number of carbonyl (C=O) groups is 1. The van der Waals surface area contributed by atoms with Gasteiger partial charge in [0, 0.05) is 19.6 Å². The predicted molar refractivity (Wildman–Crippen MR) is 93.5 cm³/mol. The zero-order chi connectivity index (χ0) is 19.6. The van der Waals surface area contributed by atoms with Crippen molar-refractivity contribution >= 4 is 11.7 Å². The van der Waals surface area contributed by atoms with Gasteiger partial charge in [0.05, 0.1) is 18.8 Å². The molecule has 0 spiro atoms. The molecule has 0 aliphatic carbocycles. The number of rotatable bonds is 5. The molecule has 1 aromatic heterocycles. The highest BCUT2D eigenvalue weighted by atomic mass is 19.4. The number of fused-ring (bicyclic) bond motifs is 1. The number of alkyl halides is 3. The second-order valence-electron chi connectivity index (χ2n) is 6.58. The smallest absolute Gasteiger partial charge is 0.383 e. The van der Waals surface area contributed by atoms with Gasteiger partial charge in [0.1, 0.15) is 11.4 Å². The van der Waals surface area contributed by atoms with E-state index in [9.17, 15) is 18.0 Å². The largest absolute Gasteiger partial charge is 0.410 e. The number of aromatic nitrogens is 2. The summed E-state index contributed by atoms with van der Waals surface area (Å²) in [5, 5.41) is 9.61. The van der Waals surface area contributed by atoms with Gasteiger partial charge in [0.2, 0.25) is 0 Å². The molecule has 0 radical (unpaired) electrons. The SMILES string of the molecule is COC[C@H](C)NC(=O)c1cnn2c1N[C@@H](c1ccccc1)C[C@H]2C(F)(F)F. The minimum absolute atomic E-state index is 0.0690. The van der Waals surface area contributed by atoms with Crippen LogP contribution in [0.2, 0.25) is 0 Å². The van der Waals surface area contributed by atoms with Gasteiger partial charge in [-0.1, -0.05) is 30.3 Å². The summed E-state index contributed by atoms with van der Waals surface area (Å²) >= 11 is 0. The zero-order valence-corrected chi connectivity index (χ0v) is 15.0. The zero-order valence-electron chi connectivity index (χ0n) is 15.0. The van der Waals surface area contributed by atoms with Gasteiger partial charge in [-0.25, -0.2) is 4.68 Å². The van der Waals surface area contributed by atoms with Gasteiger partial charge in [-0.15, -0.1) is 0 Å². The van der Waals surface area contributed by atoms with Crippen LogP contribution < -0.4 is 10.6 Å². The van der Waals surface area contributed by atoms with E-state index in [0.29, 0.717) is 6.61 Å². The third kappa shape index (κ3) is 4.08. The summed E-state index contributed by atoms with van der Waals surface area (Å²) in [6.07, 6.45) is -3.51. The van der Waals surface area contributed by atoms with Crippen LogP contribution in [0.5, 0.6) is 0 Å². The first-order valence-electron chi connectivity index (χ1n) is 8.56. The number of anilines is 1. The summed E-state index contributed by atoms with van der Waals surface area (Å²) in [6.45, 7) is 2.04. The fourth-order valence-electron chi connectivity index (χ4n) is 3.23. The van der Waals surface area contributed by atoms with E-state index in [4.69, 9.17) is 4.74 Å². The Morgan fingerprint density at radius 3 is 2.74 bits per heavy atom. The first kappa shape index (κ1) is 19.2. The number of benzene rings is 1. The summed E-state index contributed by atoms with van der Waals surface area (Å²) in [4.78, 5) is 12.5. The molecule has 0 unspecified atom stereocenters. The first-order chi connectivity index (χ1) is 12.8. The third-order valence-corrected chi connectivity index (χ3v) is 4.48. The summed E-state index contributed by atoms with van der Waals surface area (Å²) in [6, 6.07) is 6.19. The molecule has 1 aromatic carbocycles. The van der Waals surface area contributed by atoms with E-state index in [1.165, 1.54) is 13.3 Å². The van der Waals surface area contributed by atoms with Crippen LogP contribution >= 0.6 is 0 Å². The van der Waals surface area contributed by atoms with Crippen LogP contribution in [0.25, 0.3) is 0 Å². The highest BCUT2D eigenvalue weighted by Gasteiger charge is 2.47. The second kappa shape index (κ2) is 7.59. The molecule has 1 amide bonds. The average Bonchev–Trinajstić information content (AvgIpc) is 3.05. The van der Waals surface area contributed by atoms with Crippen LogP contribution in [-0.2, 0) is 4.74 Å². The Labute approximate surface area is 154 Å². The van der Waals surface area contributed by atoms with Gasteiger partial charge in [0.25, 0.3) is 5.91 Å². The Hall–Kier alpha value is -2.55. The van der Waals surface area contributed by atoms with Gasteiger partial charge in [-0.05, 0) is 12.5 Å². The molecule has 9 heteroatoms. The van der Waals surface area contributed by atoms with E-state index in [-0.39, 0.29) is 23.8 Å². The lowest BCUT2D eigenvalue weighted by Crippen LogP contribution is -2.38. The van der Waals surface area contributed by atoms with Crippen LogP contribution in [0.4, 0.5) is 19.0 Å². The minimum Gasteiger partial charge on any atom is -0.383 e. The summed E-state index contributed by atoms with van der Waals surface area (Å²) in [5.74, 6) is -0.428. The van der Waals surface area contributed by atoms with Crippen molar-refractivity contribution in [1.29, 1.82) is 0 Å². The molecule has 2 heterocycles. The molecule has 2 aromatic rings. The molecule has 27 heavy (non-hydrogen) atoms. The number of carbonyl (C=O) groups excluding carboxylic acids is 1. The van der Waals surface area contributed by atoms with Crippen LogP contribution in [0.3, 0.4) is 0 Å². The van der Waals surface area contributed by atoms with Gasteiger partial charge in [-0.3, -0.25) is 4.79 Å². The van der Waals surface area contributed by atoms with Gasteiger partial charge in [0.15, 0.2) is 6.04 Å². The van der Waals surface area contributed by atoms with Crippen molar-refractivity contribution in [3.8, 4) is 0 Å². The molecule has 0 bridgehead atoms. The van der Waals surface area contributed by atoms with Gasteiger partial charge >= 0.3 is 6.18 Å². The monoisotopic (exact) mass is 382 g/mol. The molecule has 0 fully saturated rings. The lowest BCUT2D eigenvalue weighted by molar-refractivity contribution is -0.173. The lowest BCUT2D eigenvalue weighted by Gasteiger charge is -2.34. The van der Waals surface area contributed by atoms with E-state index >= 15 is 0 Å². The third-order valence-electron chi connectivity index (χ3n) is 4.48. The van der Waals surface area contributed by atoms with Gasteiger partial charge < -0.3 is 15.4 Å². The van der Waals surface area contributed by atoms with Crippen molar-refractivity contribution in [3.05, 3.63) is 47.7 Å². The van der Waals surface area contributed by atoms with Crippen LogP contribution in [-0.4, -0.2) is 41.6 Å². The van der Waals surface area contributed by atoms with Crippen molar-refractivity contribution in [2.75, 3.05) is 19.0 Å². The molecule has 146 valence electrons. The molecule has 3 rings (SSSR count). The Balaban J connectivity index is 1.94. The normalized spacial score (nSPS) is 20.5. The number of nitrogens with one attached hydrogen (secondary N) is 2. The standard InChI is InChI=1S/C18H21F3N4O2/c1-11(10-27-2)23-17(26)13-9-22-25-15(18(19,20)21)8-14(24-16(13)25)12-6-4-3-5-7-12/h3-7,9,11,14-15,24H,8,10H2,1-2H3,(H,23,26)/t11-,14+,15-/m0/s1. The molecule has 0 saturated carbocycles. The lowest BCUT2D eigenvalue weighted by atomic mass is 9.96. The fourth-order valence-corrected chi connectivity index (χ4v) is 3.23.